The largest absolute Gasteiger partial charge is 0.343 e. The van der Waals surface area contributed by atoms with Crippen molar-refractivity contribution >= 4 is 29.2 Å². The van der Waals surface area contributed by atoms with Crippen molar-refractivity contribution in [1.29, 1.82) is 0 Å². The number of anilines is 2. The molecule has 33 heavy (non-hydrogen) atoms. The van der Waals surface area contributed by atoms with Crippen molar-refractivity contribution in [2.75, 3.05) is 31.5 Å². The Labute approximate surface area is 191 Å². The van der Waals surface area contributed by atoms with Crippen molar-refractivity contribution in [3.63, 3.8) is 0 Å². The van der Waals surface area contributed by atoms with Gasteiger partial charge in [-0.1, -0.05) is 13.0 Å². The van der Waals surface area contributed by atoms with Crippen molar-refractivity contribution in [1.82, 2.24) is 34.7 Å². The summed E-state index contributed by atoms with van der Waals surface area (Å²) < 4.78 is 0. The summed E-state index contributed by atoms with van der Waals surface area (Å²) in [4.78, 5) is 36.2. The van der Waals surface area contributed by atoms with E-state index in [4.69, 9.17) is 0 Å². The maximum absolute atomic E-state index is 10.9. The van der Waals surface area contributed by atoms with Gasteiger partial charge in [-0.3, -0.25) is 9.69 Å². The number of imidazole rings is 1. The number of rotatable bonds is 7. The summed E-state index contributed by atoms with van der Waals surface area (Å²) >= 11 is 0. The van der Waals surface area contributed by atoms with Crippen LogP contribution in [0.4, 0.5) is 11.8 Å². The normalized spacial score (nSPS) is 14.5. The average molecular weight is 443 g/mol. The van der Waals surface area contributed by atoms with Crippen LogP contribution in [0.5, 0.6) is 0 Å². The van der Waals surface area contributed by atoms with Crippen molar-refractivity contribution in [3.8, 4) is 11.3 Å². The Bertz CT molecular complexity index is 1260. The van der Waals surface area contributed by atoms with Crippen LogP contribution >= 0.6 is 0 Å². The number of carbonyl (C=O) groups is 1. The number of hydrogen-bond donors (Lipinski definition) is 2. The second kappa shape index (κ2) is 9.33. The lowest BCUT2D eigenvalue weighted by Crippen LogP contribution is -2.45. The maximum atomic E-state index is 10.9. The summed E-state index contributed by atoms with van der Waals surface area (Å²) in [6.07, 6.45) is 5.22. The average Bonchev–Trinajstić information content (AvgIpc) is 3.26. The molecule has 0 bridgehead atoms. The molecule has 3 aromatic heterocycles. The highest BCUT2D eigenvalue weighted by Gasteiger charge is 2.15. The molecule has 0 radical (unpaired) electrons. The molecular weight excluding hydrogens is 416 g/mol. The Morgan fingerprint density at radius 3 is 2.76 bits per heavy atom. The fourth-order valence-electron chi connectivity index (χ4n) is 4.02. The van der Waals surface area contributed by atoms with E-state index < -0.39 is 0 Å². The fourth-order valence-corrected chi connectivity index (χ4v) is 4.02. The number of hydrogen-bond acceptors (Lipinski definition) is 7. The number of nitrogens with one attached hydrogen (secondary N) is 2. The lowest BCUT2D eigenvalue weighted by atomic mass is 10.1. The zero-order chi connectivity index (χ0) is 22.6. The summed E-state index contributed by atoms with van der Waals surface area (Å²) in [7, 11) is 0. The van der Waals surface area contributed by atoms with E-state index in [0.717, 1.165) is 79.4 Å². The summed E-state index contributed by atoms with van der Waals surface area (Å²) in [5.74, 6) is 1.38. The van der Waals surface area contributed by atoms with Gasteiger partial charge in [0.25, 0.3) is 0 Å². The molecular formula is C24H26N8O. The lowest BCUT2D eigenvalue weighted by Gasteiger charge is -2.32. The van der Waals surface area contributed by atoms with E-state index in [1.807, 2.05) is 35.2 Å². The quantitative estimate of drug-likeness (QED) is 0.424. The SMILES string of the molecule is CCc1cc(-c2ccc3nc(Nc4cc(CN5CCN(C=O)CC5)ccn4)[nH]c3c2)ncn1. The van der Waals surface area contributed by atoms with Crippen LogP contribution in [0.25, 0.3) is 22.3 Å². The van der Waals surface area contributed by atoms with E-state index in [2.05, 4.69) is 48.1 Å². The molecule has 1 amide bonds. The van der Waals surface area contributed by atoms with Crippen LogP contribution in [0.2, 0.25) is 0 Å². The van der Waals surface area contributed by atoms with Gasteiger partial charge in [0.2, 0.25) is 12.4 Å². The van der Waals surface area contributed by atoms with Crippen molar-refractivity contribution in [3.05, 3.63) is 60.2 Å². The van der Waals surface area contributed by atoms with Gasteiger partial charge in [-0.25, -0.2) is 19.9 Å². The third kappa shape index (κ3) is 4.83. The molecule has 0 unspecified atom stereocenters. The summed E-state index contributed by atoms with van der Waals surface area (Å²) in [5, 5.41) is 3.29. The molecule has 0 atom stereocenters. The molecule has 0 spiro atoms. The van der Waals surface area contributed by atoms with E-state index in [-0.39, 0.29) is 0 Å². The molecule has 1 fully saturated rings. The van der Waals surface area contributed by atoms with Crippen LogP contribution in [0.3, 0.4) is 0 Å². The van der Waals surface area contributed by atoms with Crippen LogP contribution in [0.1, 0.15) is 18.2 Å². The molecule has 2 N–H and O–H groups in total. The minimum absolute atomic E-state index is 0.642. The molecule has 0 aliphatic carbocycles. The first-order valence-electron chi connectivity index (χ1n) is 11.1. The Hall–Kier alpha value is -3.85. The van der Waals surface area contributed by atoms with Gasteiger partial charge in [-0.15, -0.1) is 0 Å². The lowest BCUT2D eigenvalue weighted by molar-refractivity contribution is -0.119. The van der Waals surface area contributed by atoms with Gasteiger partial charge in [0, 0.05) is 50.2 Å². The molecule has 9 nitrogen and oxygen atoms in total. The first-order chi connectivity index (χ1) is 16.2. The standard InChI is InChI=1S/C24H26N8O/c1-2-19-13-21(27-15-26-19)18-3-4-20-22(12-18)29-24(28-20)30-23-11-17(5-6-25-23)14-31-7-9-32(16-33)10-8-31/h3-6,11-13,15-16H,2,7-10,14H2,1H3,(H2,25,28,29,30). The Balaban J connectivity index is 1.30. The first kappa shape index (κ1) is 21.0. The van der Waals surface area contributed by atoms with Gasteiger partial charge in [0.05, 0.1) is 16.7 Å². The topological polar surface area (TPSA) is 103 Å². The number of nitrogens with zero attached hydrogens (tertiary/aromatic N) is 6. The number of piperazine rings is 1. The number of aromatic amines is 1. The number of H-pyrrole nitrogens is 1. The van der Waals surface area contributed by atoms with E-state index in [1.165, 1.54) is 5.56 Å². The van der Waals surface area contributed by atoms with E-state index in [0.29, 0.717) is 5.95 Å². The Morgan fingerprint density at radius 1 is 1.06 bits per heavy atom. The summed E-state index contributed by atoms with van der Waals surface area (Å²) in [5.41, 5.74) is 5.90. The van der Waals surface area contributed by atoms with E-state index in [9.17, 15) is 4.79 Å². The number of pyridine rings is 1. The van der Waals surface area contributed by atoms with Crippen molar-refractivity contribution in [2.24, 2.45) is 0 Å². The zero-order valence-electron chi connectivity index (χ0n) is 18.5. The molecule has 1 saturated heterocycles. The molecule has 1 aromatic carbocycles. The van der Waals surface area contributed by atoms with Gasteiger partial charge in [-0.05, 0) is 42.3 Å². The van der Waals surface area contributed by atoms with Gasteiger partial charge in [0.15, 0.2) is 0 Å². The van der Waals surface area contributed by atoms with Gasteiger partial charge < -0.3 is 15.2 Å². The smallest absolute Gasteiger partial charge is 0.209 e. The van der Waals surface area contributed by atoms with Gasteiger partial charge >= 0.3 is 0 Å². The fraction of sp³-hybridized carbons (Fsp3) is 0.292. The molecule has 9 heteroatoms. The third-order valence-corrected chi connectivity index (χ3v) is 5.90. The van der Waals surface area contributed by atoms with Gasteiger partial charge in [0.1, 0.15) is 12.1 Å². The Kier molecular flexibility index (Phi) is 5.95. The number of amides is 1. The molecule has 5 rings (SSSR count). The Morgan fingerprint density at radius 2 is 1.94 bits per heavy atom. The number of aromatic nitrogens is 5. The van der Waals surface area contributed by atoms with Crippen LogP contribution in [0.15, 0.2) is 48.9 Å². The molecule has 0 saturated carbocycles. The highest BCUT2D eigenvalue weighted by Crippen LogP contribution is 2.24. The van der Waals surface area contributed by atoms with Gasteiger partial charge in [-0.2, -0.15) is 0 Å². The number of carbonyl (C=O) groups excluding carboxylic acids is 1. The second-order valence-corrected chi connectivity index (χ2v) is 8.16. The molecule has 4 aromatic rings. The predicted molar refractivity (Wildman–Crippen MR) is 127 cm³/mol. The summed E-state index contributed by atoms with van der Waals surface area (Å²) in [6.45, 7) is 6.21. The van der Waals surface area contributed by atoms with E-state index >= 15 is 0 Å². The number of fused-ring (bicyclic) bond motifs is 1. The molecule has 168 valence electrons. The number of benzene rings is 1. The van der Waals surface area contributed by atoms with Crippen LogP contribution in [-0.4, -0.2) is 67.3 Å². The molecule has 4 heterocycles. The third-order valence-electron chi connectivity index (χ3n) is 5.90. The maximum Gasteiger partial charge on any atom is 0.209 e. The zero-order valence-corrected chi connectivity index (χ0v) is 18.5. The molecule has 1 aliphatic rings. The van der Waals surface area contributed by atoms with Crippen molar-refractivity contribution < 1.29 is 4.79 Å². The highest BCUT2D eigenvalue weighted by molar-refractivity contribution is 5.83. The highest BCUT2D eigenvalue weighted by atomic mass is 16.1. The van der Waals surface area contributed by atoms with E-state index in [1.54, 1.807) is 12.5 Å². The minimum Gasteiger partial charge on any atom is -0.343 e. The molecule has 1 aliphatic heterocycles. The van der Waals surface area contributed by atoms with Crippen LogP contribution < -0.4 is 5.32 Å². The first-order valence-corrected chi connectivity index (χ1v) is 11.1. The monoisotopic (exact) mass is 442 g/mol. The van der Waals surface area contributed by atoms with Crippen LogP contribution in [0, 0.1) is 0 Å². The minimum atomic E-state index is 0.642. The number of aryl methyl sites for hydroxylation is 1. The van der Waals surface area contributed by atoms with Crippen molar-refractivity contribution in [2.45, 2.75) is 19.9 Å². The predicted octanol–water partition coefficient (Wildman–Crippen LogP) is 2.99. The second-order valence-electron chi connectivity index (χ2n) is 8.16. The summed E-state index contributed by atoms with van der Waals surface area (Å²) in [6, 6.07) is 12.1. The van der Waals surface area contributed by atoms with Crippen LogP contribution in [-0.2, 0) is 17.8 Å².